The van der Waals surface area contributed by atoms with E-state index in [1.54, 1.807) is 24.3 Å². The van der Waals surface area contributed by atoms with Crippen LogP contribution in [0.15, 0.2) is 36.0 Å². The summed E-state index contributed by atoms with van der Waals surface area (Å²) < 4.78 is 0. The number of hydrogen-bond donors (Lipinski definition) is 2. The number of carbonyl (C=O) groups is 2. The van der Waals surface area contributed by atoms with Gasteiger partial charge in [-0.25, -0.2) is 4.90 Å². The average Bonchev–Trinajstić information content (AvgIpc) is 3.26. The molecular weight excluding hydrogens is 268 g/mol. The number of benzene rings is 1. The van der Waals surface area contributed by atoms with Crippen molar-refractivity contribution < 1.29 is 9.59 Å². The Morgan fingerprint density at radius 1 is 1.38 bits per heavy atom. The molecule has 0 atom stereocenters. The van der Waals surface area contributed by atoms with Crippen LogP contribution in [-0.2, 0) is 9.59 Å². The fourth-order valence-electron chi connectivity index (χ4n) is 1.78. The van der Waals surface area contributed by atoms with Crippen molar-refractivity contribution in [1.82, 2.24) is 5.32 Å². The quantitative estimate of drug-likeness (QED) is 0.493. The number of anilines is 2. The summed E-state index contributed by atoms with van der Waals surface area (Å²) in [5.74, 6) is -1.11. The molecule has 6 heteroatoms. The maximum Gasteiger partial charge on any atom is 0.277 e. The molecule has 1 aliphatic carbocycles. The molecule has 0 radical (unpaired) electrons. The summed E-state index contributed by atoms with van der Waals surface area (Å²) in [5.41, 5.74) is 6.40. The van der Waals surface area contributed by atoms with Gasteiger partial charge in [0.15, 0.2) is 0 Å². The van der Waals surface area contributed by atoms with Gasteiger partial charge in [0.2, 0.25) is 5.91 Å². The number of hydrogen-bond acceptors (Lipinski definition) is 5. The Bertz CT molecular complexity index is 624. The third kappa shape index (κ3) is 3.60. The van der Waals surface area contributed by atoms with Gasteiger partial charge in [-0.1, -0.05) is 0 Å². The molecule has 0 unspecified atom stereocenters. The van der Waals surface area contributed by atoms with Crippen LogP contribution >= 0.6 is 0 Å². The number of nitrogen functional groups attached to an aromatic ring is 1. The second-order valence-electron chi connectivity index (χ2n) is 4.86. The summed E-state index contributed by atoms with van der Waals surface area (Å²) >= 11 is 0. The van der Waals surface area contributed by atoms with Crippen LogP contribution in [0.3, 0.4) is 0 Å². The molecule has 1 aromatic carbocycles. The zero-order chi connectivity index (χ0) is 15.4. The van der Waals surface area contributed by atoms with Gasteiger partial charge in [0.25, 0.3) is 5.91 Å². The minimum atomic E-state index is -0.650. The Hall–Kier alpha value is -2.81. The summed E-state index contributed by atoms with van der Waals surface area (Å²) in [6, 6.07) is 8.48. The number of amides is 2. The van der Waals surface area contributed by atoms with Gasteiger partial charge in [-0.2, -0.15) is 5.26 Å². The van der Waals surface area contributed by atoms with Crippen molar-refractivity contribution in [1.29, 1.82) is 5.26 Å². The SMILES string of the molecule is CC(=O)N(C(=O)/C(C#N)=C\NC1CC1)c1ccc(N)cc1. The van der Waals surface area contributed by atoms with E-state index >= 15 is 0 Å². The van der Waals surface area contributed by atoms with Gasteiger partial charge in [0, 0.05) is 24.9 Å². The van der Waals surface area contributed by atoms with Crippen LogP contribution in [0.5, 0.6) is 0 Å². The van der Waals surface area contributed by atoms with Crippen molar-refractivity contribution in [3.8, 4) is 6.07 Å². The molecule has 0 heterocycles. The highest BCUT2D eigenvalue weighted by atomic mass is 16.2. The van der Waals surface area contributed by atoms with E-state index < -0.39 is 11.8 Å². The number of nitriles is 1. The average molecular weight is 284 g/mol. The maximum atomic E-state index is 12.4. The molecule has 0 bridgehead atoms. The highest BCUT2D eigenvalue weighted by Crippen LogP contribution is 2.20. The first kappa shape index (κ1) is 14.6. The lowest BCUT2D eigenvalue weighted by molar-refractivity contribution is -0.123. The van der Waals surface area contributed by atoms with Crippen molar-refractivity contribution in [2.75, 3.05) is 10.6 Å². The predicted molar refractivity (Wildman–Crippen MR) is 78.9 cm³/mol. The number of carbonyl (C=O) groups excluding carboxylic acids is 2. The van der Waals surface area contributed by atoms with E-state index in [4.69, 9.17) is 11.0 Å². The van der Waals surface area contributed by atoms with E-state index in [1.807, 2.05) is 6.07 Å². The van der Waals surface area contributed by atoms with Gasteiger partial charge in [-0.3, -0.25) is 9.59 Å². The van der Waals surface area contributed by atoms with Crippen LogP contribution in [0, 0.1) is 11.3 Å². The van der Waals surface area contributed by atoms with Crippen LogP contribution in [0.25, 0.3) is 0 Å². The number of rotatable bonds is 4. The largest absolute Gasteiger partial charge is 0.399 e. The normalized spacial score (nSPS) is 14.2. The summed E-state index contributed by atoms with van der Waals surface area (Å²) in [6.45, 7) is 1.28. The first-order chi connectivity index (χ1) is 10.0. The molecule has 0 aliphatic heterocycles. The Kier molecular flexibility index (Phi) is 4.24. The first-order valence-corrected chi connectivity index (χ1v) is 6.60. The lowest BCUT2D eigenvalue weighted by Crippen LogP contribution is -2.36. The Balaban J connectivity index is 2.26. The third-order valence-corrected chi connectivity index (χ3v) is 3.06. The Labute approximate surface area is 122 Å². The van der Waals surface area contributed by atoms with E-state index in [1.165, 1.54) is 13.1 Å². The summed E-state index contributed by atoms with van der Waals surface area (Å²) in [7, 11) is 0. The summed E-state index contributed by atoms with van der Waals surface area (Å²) in [5, 5.41) is 12.1. The van der Waals surface area contributed by atoms with Crippen LogP contribution in [0.4, 0.5) is 11.4 Å². The zero-order valence-corrected chi connectivity index (χ0v) is 11.7. The summed E-state index contributed by atoms with van der Waals surface area (Å²) in [6.07, 6.45) is 3.43. The van der Waals surface area contributed by atoms with E-state index in [2.05, 4.69) is 5.32 Å². The van der Waals surface area contributed by atoms with Crippen LogP contribution in [-0.4, -0.2) is 17.9 Å². The molecule has 6 nitrogen and oxygen atoms in total. The molecule has 1 aliphatic rings. The van der Waals surface area contributed by atoms with Crippen molar-refractivity contribution in [2.24, 2.45) is 0 Å². The van der Waals surface area contributed by atoms with Gasteiger partial charge in [0.05, 0.1) is 5.69 Å². The van der Waals surface area contributed by atoms with Crippen LogP contribution < -0.4 is 16.0 Å². The molecule has 0 aromatic heterocycles. The minimum absolute atomic E-state index is 0.103. The fourth-order valence-corrected chi connectivity index (χ4v) is 1.78. The molecule has 1 saturated carbocycles. The standard InChI is InChI=1S/C15H16N4O2/c1-10(20)19(14-6-2-12(17)3-7-14)15(21)11(8-16)9-18-13-4-5-13/h2-3,6-7,9,13,18H,4-5,17H2,1H3/b11-9-. The van der Waals surface area contributed by atoms with Gasteiger partial charge in [-0.05, 0) is 37.1 Å². The topological polar surface area (TPSA) is 99.2 Å². The number of imide groups is 1. The number of nitrogens with zero attached hydrogens (tertiary/aromatic N) is 2. The smallest absolute Gasteiger partial charge is 0.277 e. The maximum absolute atomic E-state index is 12.4. The van der Waals surface area contributed by atoms with Gasteiger partial charge >= 0.3 is 0 Å². The fraction of sp³-hybridized carbons (Fsp3) is 0.267. The number of nitrogens with two attached hydrogens (primary N) is 1. The molecule has 108 valence electrons. The van der Waals surface area contributed by atoms with E-state index in [0.29, 0.717) is 17.4 Å². The second kappa shape index (κ2) is 6.09. The highest BCUT2D eigenvalue weighted by Gasteiger charge is 2.25. The molecule has 0 saturated heterocycles. The predicted octanol–water partition coefficient (Wildman–Crippen LogP) is 1.31. The van der Waals surface area contributed by atoms with Crippen molar-refractivity contribution >= 4 is 23.2 Å². The van der Waals surface area contributed by atoms with Gasteiger partial charge in [0.1, 0.15) is 11.6 Å². The minimum Gasteiger partial charge on any atom is -0.399 e. The second-order valence-corrected chi connectivity index (χ2v) is 4.86. The molecule has 3 N–H and O–H groups in total. The van der Waals surface area contributed by atoms with Crippen molar-refractivity contribution in [3.05, 3.63) is 36.0 Å². The third-order valence-electron chi connectivity index (χ3n) is 3.06. The van der Waals surface area contributed by atoms with E-state index in [0.717, 1.165) is 17.7 Å². The molecule has 2 amide bonds. The molecular formula is C15H16N4O2. The molecule has 1 fully saturated rings. The Morgan fingerprint density at radius 3 is 2.48 bits per heavy atom. The monoisotopic (exact) mass is 284 g/mol. The van der Waals surface area contributed by atoms with Gasteiger partial charge in [-0.15, -0.1) is 0 Å². The van der Waals surface area contributed by atoms with Crippen LogP contribution in [0.1, 0.15) is 19.8 Å². The highest BCUT2D eigenvalue weighted by molar-refractivity contribution is 6.21. The first-order valence-electron chi connectivity index (χ1n) is 6.60. The van der Waals surface area contributed by atoms with E-state index in [9.17, 15) is 9.59 Å². The van der Waals surface area contributed by atoms with Crippen molar-refractivity contribution in [3.63, 3.8) is 0 Å². The molecule has 2 rings (SSSR count). The molecule has 21 heavy (non-hydrogen) atoms. The van der Waals surface area contributed by atoms with Crippen molar-refractivity contribution in [2.45, 2.75) is 25.8 Å². The van der Waals surface area contributed by atoms with E-state index in [-0.39, 0.29) is 5.57 Å². The number of nitrogens with one attached hydrogen (secondary N) is 1. The zero-order valence-electron chi connectivity index (χ0n) is 11.7. The Morgan fingerprint density at radius 2 is 2.00 bits per heavy atom. The summed E-state index contributed by atoms with van der Waals surface area (Å²) in [4.78, 5) is 25.1. The molecule has 1 aromatic rings. The lowest BCUT2D eigenvalue weighted by atomic mass is 10.2. The molecule has 0 spiro atoms. The van der Waals surface area contributed by atoms with Gasteiger partial charge < -0.3 is 11.1 Å². The lowest BCUT2D eigenvalue weighted by Gasteiger charge is -2.19. The van der Waals surface area contributed by atoms with Crippen LogP contribution in [0.2, 0.25) is 0 Å².